The minimum atomic E-state index is -0.968. The Labute approximate surface area is 109 Å². The number of carboxylic acids is 1. The molecule has 0 radical (unpaired) electrons. The van der Waals surface area contributed by atoms with Crippen LogP contribution in [0, 0.1) is 11.6 Å². The van der Waals surface area contributed by atoms with Crippen molar-refractivity contribution < 1.29 is 23.5 Å². The van der Waals surface area contributed by atoms with Crippen molar-refractivity contribution >= 4 is 11.9 Å². The summed E-state index contributed by atoms with van der Waals surface area (Å²) in [6.45, 7) is 1.64. The third kappa shape index (κ3) is 5.03. The van der Waals surface area contributed by atoms with E-state index in [0.717, 1.165) is 12.1 Å². The molecular weight excluding hydrogens is 256 g/mol. The zero-order valence-corrected chi connectivity index (χ0v) is 10.5. The highest BCUT2D eigenvalue weighted by molar-refractivity contribution is 5.77. The van der Waals surface area contributed by atoms with Gasteiger partial charge in [0.05, 0.1) is 6.04 Å². The van der Waals surface area contributed by atoms with E-state index in [1.54, 1.807) is 6.92 Å². The van der Waals surface area contributed by atoms with Crippen molar-refractivity contribution in [3.05, 3.63) is 35.4 Å². The summed E-state index contributed by atoms with van der Waals surface area (Å²) in [7, 11) is 0. The van der Waals surface area contributed by atoms with Crippen LogP contribution in [-0.2, 0) is 9.59 Å². The Morgan fingerprint density at radius 1 is 1.26 bits per heavy atom. The van der Waals surface area contributed by atoms with Gasteiger partial charge in [-0.3, -0.25) is 9.59 Å². The highest BCUT2D eigenvalue weighted by Gasteiger charge is 2.12. The fourth-order valence-electron chi connectivity index (χ4n) is 1.58. The van der Waals surface area contributed by atoms with E-state index in [4.69, 9.17) is 5.11 Å². The lowest BCUT2D eigenvalue weighted by Crippen LogP contribution is -2.26. The van der Waals surface area contributed by atoms with Crippen LogP contribution in [0.15, 0.2) is 18.2 Å². The van der Waals surface area contributed by atoms with Crippen LogP contribution < -0.4 is 5.32 Å². The van der Waals surface area contributed by atoms with Crippen molar-refractivity contribution in [2.24, 2.45) is 0 Å². The lowest BCUT2D eigenvalue weighted by molar-refractivity contribution is -0.137. The molecule has 1 aromatic rings. The van der Waals surface area contributed by atoms with Crippen molar-refractivity contribution in [3.63, 3.8) is 0 Å². The van der Waals surface area contributed by atoms with Crippen molar-refractivity contribution in [1.82, 2.24) is 5.32 Å². The molecule has 2 N–H and O–H groups in total. The van der Waals surface area contributed by atoms with E-state index in [1.807, 2.05) is 0 Å². The number of rotatable bonds is 6. The highest BCUT2D eigenvalue weighted by Crippen LogP contribution is 2.16. The summed E-state index contributed by atoms with van der Waals surface area (Å²) in [5.74, 6) is -3.19. The quantitative estimate of drug-likeness (QED) is 0.835. The molecule has 0 heterocycles. The Kier molecular flexibility index (Phi) is 5.41. The molecule has 0 aliphatic carbocycles. The molecule has 1 rings (SSSR count). The van der Waals surface area contributed by atoms with Gasteiger partial charge in [0, 0.05) is 12.8 Å². The number of hydrogen-bond donors (Lipinski definition) is 2. The van der Waals surface area contributed by atoms with Crippen LogP contribution >= 0.6 is 0 Å². The second-order valence-corrected chi connectivity index (χ2v) is 4.21. The second-order valence-electron chi connectivity index (χ2n) is 4.21. The molecule has 0 spiro atoms. The fourth-order valence-corrected chi connectivity index (χ4v) is 1.58. The minimum Gasteiger partial charge on any atom is -0.481 e. The zero-order chi connectivity index (χ0) is 14.4. The van der Waals surface area contributed by atoms with Gasteiger partial charge in [0.25, 0.3) is 0 Å². The normalized spacial score (nSPS) is 11.9. The molecule has 1 amide bonds. The van der Waals surface area contributed by atoms with Crippen LogP contribution in [0.3, 0.4) is 0 Å². The molecule has 104 valence electrons. The fraction of sp³-hybridized carbons (Fsp3) is 0.385. The summed E-state index contributed by atoms with van der Waals surface area (Å²) >= 11 is 0. The summed E-state index contributed by atoms with van der Waals surface area (Å²) in [6, 6.07) is 2.95. The lowest BCUT2D eigenvalue weighted by atomic mass is 10.1. The van der Waals surface area contributed by atoms with Gasteiger partial charge in [0.2, 0.25) is 5.91 Å². The van der Waals surface area contributed by atoms with Gasteiger partial charge < -0.3 is 10.4 Å². The van der Waals surface area contributed by atoms with Crippen LogP contribution in [0.2, 0.25) is 0 Å². The Morgan fingerprint density at radius 3 is 2.53 bits per heavy atom. The number of hydrogen-bond acceptors (Lipinski definition) is 2. The monoisotopic (exact) mass is 271 g/mol. The highest BCUT2D eigenvalue weighted by atomic mass is 19.2. The van der Waals surface area contributed by atoms with Gasteiger partial charge in [-0.1, -0.05) is 6.07 Å². The molecule has 1 atom stereocenters. The molecular formula is C13H15F2NO3. The molecule has 1 aromatic carbocycles. The Morgan fingerprint density at radius 2 is 1.95 bits per heavy atom. The zero-order valence-electron chi connectivity index (χ0n) is 10.5. The first-order chi connectivity index (χ1) is 8.90. The van der Waals surface area contributed by atoms with Gasteiger partial charge in [0.15, 0.2) is 11.6 Å². The largest absolute Gasteiger partial charge is 0.481 e. The predicted octanol–water partition coefficient (Wildman–Crippen LogP) is 2.40. The Hall–Kier alpha value is -1.98. The maximum absolute atomic E-state index is 13.0. The average molecular weight is 271 g/mol. The molecule has 4 nitrogen and oxygen atoms in total. The minimum absolute atomic E-state index is 0.0764. The molecule has 0 saturated heterocycles. The van der Waals surface area contributed by atoms with E-state index >= 15 is 0 Å². The number of carbonyl (C=O) groups excluding carboxylic acids is 1. The predicted molar refractivity (Wildman–Crippen MR) is 64.4 cm³/mol. The smallest absolute Gasteiger partial charge is 0.303 e. The molecule has 1 unspecified atom stereocenters. The van der Waals surface area contributed by atoms with E-state index < -0.39 is 23.6 Å². The van der Waals surface area contributed by atoms with Gasteiger partial charge in [-0.15, -0.1) is 0 Å². The topological polar surface area (TPSA) is 66.4 Å². The summed E-state index contributed by atoms with van der Waals surface area (Å²) in [5, 5.41) is 11.0. The van der Waals surface area contributed by atoms with Crippen LogP contribution in [0.5, 0.6) is 0 Å². The number of nitrogens with one attached hydrogen (secondary N) is 1. The van der Waals surface area contributed by atoms with Gasteiger partial charge in [0.1, 0.15) is 0 Å². The lowest BCUT2D eigenvalue weighted by Gasteiger charge is -2.14. The van der Waals surface area contributed by atoms with Gasteiger partial charge >= 0.3 is 5.97 Å². The standard InChI is InChI=1S/C13H15F2NO3/c1-8(9-5-6-10(14)11(15)7-9)16-12(17)3-2-4-13(18)19/h5-8H,2-4H2,1H3,(H,16,17)(H,18,19). The van der Waals surface area contributed by atoms with E-state index in [9.17, 15) is 18.4 Å². The molecule has 0 saturated carbocycles. The first kappa shape index (κ1) is 15.1. The van der Waals surface area contributed by atoms with E-state index in [0.29, 0.717) is 5.56 Å². The molecule has 0 aliphatic rings. The number of halogens is 2. The third-order valence-corrected chi connectivity index (χ3v) is 2.62. The van der Waals surface area contributed by atoms with Gasteiger partial charge in [-0.25, -0.2) is 8.78 Å². The number of benzene rings is 1. The first-order valence-electron chi connectivity index (χ1n) is 5.86. The van der Waals surface area contributed by atoms with Crippen LogP contribution in [-0.4, -0.2) is 17.0 Å². The summed E-state index contributed by atoms with van der Waals surface area (Å²) in [6.07, 6.45) is 0.249. The molecule has 0 bridgehead atoms. The van der Waals surface area contributed by atoms with Crippen LogP contribution in [0.4, 0.5) is 8.78 Å². The molecule has 0 aromatic heterocycles. The van der Waals surface area contributed by atoms with Crippen molar-refractivity contribution in [1.29, 1.82) is 0 Å². The first-order valence-corrected chi connectivity index (χ1v) is 5.86. The maximum atomic E-state index is 13.0. The van der Waals surface area contributed by atoms with Gasteiger partial charge in [-0.2, -0.15) is 0 Å². The van der Waals surface area contributed by atoms with Crippen molar-refractivity contribution in [2.45, 2.75) is 32.2 Å². The Bertz CT molecular complexity index is 477. The molecule has 6 heteroatoms. The number of carbonyl (C=O) groups is 2. The molecule has 0 fully saturated rings. The van der Waals surface area contributed by atoms with Crippen molar-refractivity contribution in [2.75, 3.05) is 0 Å². The Balaban J connectivity index is 2.49. The summed E-state index contributed by atoms with van der Waals surface area (Å²) < 4.78 is 25.8. The van der Waals surface area contributed by atoms with E-state index in [-0.39, 0.29) is 25.2 Å². The number of amides is 1. The van der Waals surface area contributed by atoms with Crippen molar-refractivity contribution in [3.8, 4) is 0 Å². The van der Waals surface area contributed by atoms with Crippen LogP contribution in [0.1, 0.15) is 37.8 Å². The molecule has 19 heavy (non-hydrogen) atoms. The average Bonchev–Trinajstić information content (AvgIpc) is 2.32. The van der Waals surface area contributed by atoms with E-state index in [1.165, 1.54) is 6.07 Å². The van der Waals surface area contributed by atoms with Crippen LogP contribution in [0.25, 0.3) is 0 Å². The van der Waals surface area contributed by atoms with E-state index in [2.05, 4.69) is 5.32 Å². The maximum Gasteiger partial charge on any atom is 0.303 e. The summed E-state index contributed by atoms with van der Waals surface area (Å²) in [4.78, 5) is 21.8. The summed E-state index contributed by atoms with van der Waals surface area (Å²) in [5.41, 5.74) is 0.450. The number of aliphatic carboxylic acids is 1. The van der Waals surface area contributed by atoms with Gasteiger partial charge in [-0.05, 0) is 31.0 Å². The SMILES string of the molecule is CC(NC(=O)CCCC(=O)O)c1ccc(F)c(F)c1. The number of carboxylic acid groups (broad SMARTS) is 1. The molecule has 0 aliphatic heterocycles. The third-order valence-electron chi connectivity index (χ3n) is 2.62. The second kappa shape index (κ2) is 6.82.